The molecule has 2 N–H and O–H groups in total. The van der Waals surface area contributed by atoms with Crippen molar-refractivity contribution in [2.24, 2.45) is 5.92 Å². The fourth-order valence-corrected chi connectivity index (χ4v) is 5.28. The minimum atomic E-state index is -0.833. The van der Waals surface area contributed by atoms with E-state index >= 15 is 0 Å². The summed E-state index contributed by atoms with van der Waals surface area (Å²) in [5.74, 6) is -1.02. The van der Waals surface area contributed by atoms with Crippen molar-refractivity contribution in [3.05, 3.63) is 71.8 Å². The zero-order valence-corrected chi connectivity index (χ0v) is 26.9. The van der Waals surface area contributed by atoms with Gasteiger partial charge in [-0.25, -0.2) is 4.79 Å². The Labute approximate surface area is 261 Å². The van der Waals surface area contributed by atoms with Crippen LogP contribution in [-0.4, -0.2) is 66.7 Å². The zero-order valence-electron chi connectivity index (χ0n) is 26.9. The molecule has 0 aromatic heterocycles. The first-order valence-electron chi connectivity index (χ1n) is 15.4. The van der Waals surface area contributed by atoms with Crippen LogP contribution < -0.4 is 10.6 Å². The molecule has 2 saturated heterocycles. The normalized spacial score (nSPS) is 24.0. The second-order valence-corrected chi connectivity index (χ2v) is 13.2. The molecule has 44 heavy (non-hydrogen) atoms. The number of hydrogen-bond donors (Lipinski definition) is 2. The third-order valence-corrected chi connectivity index (χ3v) is 7.18. The summed E-state index contributed by atoms with van der Waals surface area (Å²) in [5, 5.41) is 5.73. The van der Waals surface area contributed by atoms with Crippen molar-refractivity contribution in [1.82, 2.24) is 10.6 Å². The van der Waals surface area contributed by atoms with E-state index in [2.05, 4.69) is 10.6 Å². The first-order chi connectivity index (χ1) is 20.8. The Morgan fingerprint density at radius 2 is 1.55 bits per heavy atom. The van der Waals surface area contributed by atoms with E-state index in [4.69, 9.17) is 28.4 Å². The fourth-order valence-electron chi connectivity index (χ4n) is 5.28. The van der Waals surface area contributed by atoms with Gasteiger partial charge in [0.1, 0.15) is 36.1 Å². The first kappa shape index (κ1) is 33.9. The Kier molecular flexibility index (Phi) is 11.4. The summed E-state index contributed by atoms with van der Waals surface area (Å²) in [6, 6.07) is 18.9. The average Bonchev–Trinajstić information content (AvgIpc) is 3.42. The number of carbonyl (C=O) groups is 2. The molecule has 0 radical (unpaired) electrons. The Balaban J connectivity index is 1.52. The van der Waals surface area contributed by atoms with E-state index in [0.29, 0.717) is 19.6 Å². The number of carbonyl (C=O) groups excluding carboxylic acids is 2. The van der Waals surface area contributed by atoms with Crippen LogP contribution in [0.4, 0.5) is 4.79 Å². The maximum absolute atomic E-state index is 13.5. The zero-order chi connectivity index (χ0) is 31.9. The molecule has 0 spiro atoms. The van der Waals surface area contributed by atoms with Crippen molar-refractivity contribution < 1.29 is 38.0 Å². The first-order valence-corrected chi connectivity index (χ1v) is 15.4. The van der Waals surface area contributed by atoms with Crippen LogP contribution in [0.15, 0.2) is 60.7 Å². The standard InChI is InChI=1S/C34H48N2O8/c1-22(2)18-25(36-32(38)44-33(3,4)5)30(37)35-19-26(39-20-23-14-10-8-11-15-23)27-28(40-21-24-16-12-9-13-17-24)29-31(41-27)43-34(6,7)42-29/h8-17,22,25-29,31H,18-21H2,1-7H3,(H,35,37)(H,36,38)/t25?,26-,27-,28-,29-,31-/m1/s1. The lowest BCUT2D eigenvalue weighted by Crippen LogP contribution is -2.53. The van der Waals surface area contributed by atoms with E-state index in [0.717, 1.165) is 11.1 Å². The molecule has 2 aromatic rings. The van der Waals surface area contributed by atoms with Crippen LogP contribution >= 0.6 is 0 Å². The Morgan fingerprint density at radius 3 is 2.14 bits per heavy atom. The molecule has 10 nitrogen and oxygen atoms in total. The van der Waals surface area contributed by atoms with Crippen LogP contribution in [0.5, 0.6) is 0 Å². The van der Waals surface area contributed by atoms with Gasteiger partial charge in [0.2, 0.25) is 5.91 Å². The fraction of sp³-hybridized carbons (Fsp3) is 0.588. The number of rotatable bonds is 13. The van der Waals surface area contributed by atoms with Crippen LogP contribution in [0.1, 0.15) is 66.0 Å². The summed E-state index contributed by atoms with van der Waals surface area (Å²) in [6.45, 7) is 13.7. The SMILES string of the molecule is CC(C)CC(NC(=O)OC(C)(C)C)C(=O)NC[C@@H](OCc1ccccc1)[C@H]1O[C@@H]2OC(C)(C)O[C@@H]2[C@@H]1OCc1ccccc1. The second-order valence-electron chi connectivity index (χ2n) is 13.2. The predicted octanol–water partition coefficient (Wildman–Crippen LogP) is 5.09. The molecule has 2 aliphatic rings. The lowest BCUT2D eigenvalue weighted by atomic mass is 10.0. The summed E-state index contributed by atoms with van der Waals surface area (Å²) in [6.07, 6.45) is -3.13. The molecule has 6 atom stereocenters. The molecule has 0 aliphatic carbocycles. The Hall–Kier alpha value is -3.02. The van der Waals surface area contributed by atoms with Crippen molar-refractivity contribution in [3.63, 3.8) is 0 Å². The summed E-state index contributed by atoms with van der Waals surface area (Å²) in [7, 11) is 0. The summed E-state index contributed by atoms with van der Waals surface area (Å²) >= 11 is 0. The number of ether oxygens (including phenoxy) is 6. The molecule has 2 fully saturated rings. The lowest BCUT2D eigenvalue weighted by Gasteiger charge is -2.32. The molecule has 10 heteroatoms. The molecule has 2 aliphatic heterocycles. The molecule has 0 saturated carbocycles. The summed E-state index contributed by atoms with van der Waals surface area (Å²) < 4.78 is 37.0. The number of amides is 2. The predicted molar refractivity (Wildman–Crippen MR) is 164 cm³/mol. The van der Waals surface area contributed by atoms with Gasteiger partial charge in [0.25, 0.3) is 0 Å². The highest BCUT2D eigenvalue weighted by Crippen LogP contribution is 2.40. The Bertz CT molecular complexity index is 1200. The van der Waals surface area contributed by atoms with Crippen molar-refractivity contribution >= 4 is 12.0 Å². The van der Waals surface area contributed by atoms with Crippen LogP contribution in [0.25, 0.3) is 0 Å². The van der Waals surface area contributed by atoms with Gasteiger partial charge in [-0.05, 0) is 58.1 Å². The van der Waals surface area contributed by atoms with E-state index in [1.165, 1.54) is 0 Å². The monoisotopic (exact) mass is 612 g/mol. The minimum absolute atomic E-state index is 0.106. The van der Waals surface area contributed by atoms with Gasteiger partial charge >= 0.3 is 6.09 Å². The smallest absolute Gasteiger partial charge is 0.408 e. The van der Waals surface area contributed by atoms with Gasteiger partial charge in [-0.1, -0.05) is 74.5 Å². The molecule has 2 aromatic carbocycles. The largest absolute Gasteiger partial charge is 0.444 e. The third-order valence-electron chi connectivity index (χ3n) is 7.18. The number of hydrogen-bond acceptors (Lipinski definition) is 8. The van der Waals surface area contributed by atoms with Gasteiger partial charge in [0.05, 0.1) is 13.2 Å². The van der Waals surface area contributed by atoms with E-state index in [-0.39, 0.29) is 18.4 Å². The maximum Gasteiger partial charge on any atom is 0.408 e. The summed E-state index contributed by atoms with van der Waals surface area (Å²) in [4.78, 5) is 26.0. The average molecular weight is 613 g/mol. The van der Waals surface area contributed by atoms with Crippen LogP contribution in [0.3, 0.4) is 0 Å². The van der Waals surface area contributed by atoms with Crippen molar-refractivity contribution in [1.29, 1.82) is 0 Å². The van der Waals surface area contributed by atoms with E-state index in [1.54, 1.807) is 20.8 Å². The highest BCUT2D eigenvalue weighted by atomic mass is 16.8. The van der Waals surface area contributed by atoms with Gasteiger partial charge in [-0.3, -0.25) is 4.79 Å². The lowest BCUT2D eigenvalue weighted by molar-refractivity contribution is -0.234. The second kappa shape index (κ2) is 14.8. The van der Waals surface area contributed by atoms with Crippen LogP contribution in [0.2, 0.25) is 0 Å². The van der Waals surface area contributed by atoms with Gasteiger partial charge in [0.15, 0.2) is 12.1 Å². The Morgan fingerprint density at radius 1 is 0.932 bits per heavy atom. The van der Waals surface area contributed by atoms with Gasteiger partial charge in [0, 0.05) is 6.54 Å². The van der Waals surface area contributed by atoms with Gasteiger partial charge in [-0.15, -0.1) is 0 Å². The van der Waals surface area contributed by atoms with Crippen molar-refractivity contribution in [3.8, 4) is 0 Å². The molecular weight excluding hydrogens is 564 g/mol. The molecule has 1 unspecified atom stereocenters. The molecule has 242 valence electrons. The highest BCUT2D eigenvalue weighted by Gasteiger charge is 2.57. The van der Waals surface area contributed by atoms with E-state index in [1.807, 2.05) is 88.4 Å². The van der Waals surface area contributed by atoms with E-state index < -0.39 is 54.2 Å². The van der Waals surface area contributed by atoms with Gasteiger partial charge in [-0.2, -0.15) is 0 Å². The highest BCUT2D eigenvalue weighted by molar-refractivity contribution is 5.85. The number of fused-ring (bicyclic) bond motifs is 1. The van der Waals surface area contributed by atoms with E-state index in [9.17, 15) is 9.59 Å². The molecular formula is C34H48N2O8. The van der Waals surface area contributed by atoms with Crippen molar-refractivity contribution in [2.75, 3.05) is 6.54 Å². The maximum atomic E-state index is 13.5. The minimum Gasteiger partial charge on any atom is -0.444 e. The number of nitrogens with one attached hydrogen (secondary N) is 2. The van der Waals surface area contributed by atoms with Crippen LogP contribution in [-0.2, 0) is 46.4 Å². The third kappa shape index (κ3) is 10.0. The number of alkyl carbamates (subject to hydrolysis) is 1. The van der Waals surface area contributed by atoms with Crippen molar-refractivity contribution in [2.45, 2.75) is 116 Å². The quantitative estimate of drug-likeness (QED) is 0.322. The molecule has 2 heterocycles. The number of benzene rings is 2. The molecule has 2 amide bonds. The summed E-state index contributed by atoms with van der Waals surface area (Å²) in [5.41, 5.74) is 1.29. The molecule has 4 rings (SSSR count). The topological polar surface area (TPSA) is 114 Å². The molecule has 0 bridgehead atoms. The van der Waals surface area contributed by atoms with Gasteiger partial charge < -0.3 is 39.1 Å². The van der Waals surface area contributed by atoms with Crippen LogP contribution in [0, 0.1) is 5.92 Å².